The third-order valence-corrected chi connectivity index (χ3v) is 3.68. The zero-order chi connectivity index (χ0) is 12.4. The summed E-state index contributed by atoms with van der Waals surface area (Å²) in [6, 6.07) is 1.85. The molecule has 0 fully saturated rings. The number of halogens is 1. The van der Waals surface area contributed by atoms with Crippen LogP contribution in [-0.4, -0.2) is 17.0 Å². The minimum atomic E-state index is 0.651. The van der Waals surface area contributed by atoms with Gasteiger partial charge in [-0.15, -0.1) is 11.3 Å². The van der Waals surface area contributed by atoms with E-state index in [0.717, 1.165) is 27.5 Å². The first kappa shape index (κ1) is 12.3. The summed E-state index contributed by atoms with van der Waals surface area (Å²) in [6.07, 6.45) is 1.66. The predicted octanol–water partition coefficient (Wildman–Crippen LogP) is 2.83. The smallest absolute Gasteiger partial charge is 0.143 e. The van der Waals surface area contributed by atoms with E-state index in [-0.39, 0.29) is 0 Å². The van der Waals surface area contributed by atoms with Crippen LogP contribution in [0.1, 0.15) is 10.7 Å². The lowest BCUT2D eigenvalue weighted by molar-refractivity contribution is 0.867. The zero-order valence-electron chi connectivity index (χ0n) is 9.64. The molecule has 2 aromatic heterocycles. The minimum Gasteiger partial charge on any atom is -0.397 e. The van der Waals surface area contributed by atoms with E-state index < -0.39 is 0 Å². The van der Waals surface area contributed by atoms with Gasteiger partial charge >= 0.3 is 0 Å². The molecule has 0 aliphatic heterocycles. The van der Waals surface area contributed by atoms with E-state index in [9.17, 15) is 0 Å². The van der Waals surface area contributed by atoms with Crippen LogP contribution in [0.15, 0.2) is 22.1 Å². The number of aryl methyl sites for hydroxylation is 1. The molecule has 4 nitrogen and oxygen atoms in total. The number of anilines is 2. The molecule has 0 bridgehead atoms. The second-order valence-corrected chi connectivity index (χ2v) is 5.70. The molecule has 2 N–H and O–H groups in total. The van der Waals surface area contributed by atoms with Crippen molar-refractivity contribution in [3.05, 3.63) is 32.8 Å². The van der Waals surface area contributed by atoms with Crippen LogP contribution in [0.4, 0.5) is 11.5 Å². The highest BCUT2D eigenvalue weighted by Crippen LogP contribution is 2.25. The van der Waals surface area contributed by atoms with Gasteiger partial charge in [0.15, 0.2) is 0 Å². The van der Waals surface area contributed by atoms with Gasteiger partial charge in [0.1, 0.15) is 5.82 Å². The van der Waals surface area contributed by atoms with E-state index >= 15 is 0 Å². The van der Waals surface area contributed by atoms with Gasteiger partial charge < -0.3 is 10.6 Å². The number of pyridine rings is 1. The SMILES string of the molecule is Cc1nc(CN(C)c2ncc(N)cc2Br)cs1. The van der Waals surface area contributed by atoms with Crippen molar-refractivity contribution in [3.63, 3.8) is 0 Å². The summed E-state index contributed by atoms with van der Waals surface area (Å²) in [4.78, 5) is 10.8. The molecule has 2 heterocycles. The number of nitrogen functional groups attached to an aromatic ring is 1. The predicted molar refractivity (Wildman–Crippen MR) is 75.3 cm³/mol. The molecule has 0 aliphatic rings. The van der Waals surface area contributed by atoms with Gasteiger partial charge in [-0.1, -0.05) is 0 Å². The van der Waals surface area contributed by atoms with Crippen molar-refractivity contribution in [3.8, 4) is 0 Å². The van der Waals surface area contributed by atoms with Gasteiger partial charge in [-0.25, -0.2) is 9.97 Å². The van der Waals surface area contributed by atoms with E-state index in [0.29, 0.717) is 5.69 Å². The quantitative estimate of drug-likeness (QED) is 0.947. The largest absolute Gasteiger partial charge is 0.397 e. The molecule has 0 aliphatic carbocycles. The summed E-state index contributed by atoms with van der Waals surface area (Å²) >= 11 is 5.12. The summed E-state index contributed by atoms with van der Waals surface area (Å²) in [6.45, 7) is 2.74. The lowest BCUT2D eigenvalue weighted by Crippen LogP contribution is -2.18. The van der Waals surface area contributed by atoms with Crippen LogP contribution >= 0.6 is 27.3 Å². The topological polar surface area (TPSA) is 55.0 Å². The standard InChI is InChI=1S/C11H13BrN4S/c1-7-15-9(6-17-7)5-16(2)11-10(12)3-8(13)4-14-11/h3-4,6H,5,13H2,1-2H3. The zero-order valence-corrected chi connectivity index (χ0v) is 12.0. The van der Waals surface area contributed by atoms with Crippen LogP contribution in [-0.2, 0) is 6.54 Å². The van der Waals surface area contributed by atoms with Gasteiger partial charge in [-0.2, -0.15) is 0 Å². The summed E-state index contributed by atoms with van der Waals surface area (Å²) in [7, 11) is 1.98. The molecule has 2 rings (SSSR count). The Morgan fingerprint density at radius 2 is 2.29 bits per heavy atom. The van der Waals surface area contributed by atoms with Gasteiger partial charge in [0.05, 0.1) is 33.6 Å². The highest BCUT2D eigenvalue weighted by molar-refractivity contribution is 9.10. The number of aromatic nitrogens is 2. The Hall–Kier alpha value is -1.14. The van der Waals surface area contributed by atoms with Crippen LogP contribution in [0.3, 0.4) is 0 Å². The molecule has 0 aromatic carbocycles. The lowest BCUT2D eigenvalue weighted by atomic mass is 10.3. The van der Waals surface area contributed by atoms with Crippen molar-refractivity contribution >= 4 is 38.8 Å². The van der Waals surface area contributed by atoms with E-state index in [1.807, 2.05) is 24.9 Å². The lowest BCUT2D eigenvalue weighted by Gasteiger charge is -2.18. The normalized spacial score (nSPS) is 10.5. The number of hydrogen-bond acceptors (Lipinski definition) is 5. The van der Waals surface area contributed by atoms with E-state index in [1.165, 1.54) is 0 Å². The fraction of sp³-hybridized carbons (Fsp3) is 0.273. The Bertz CT molecular complexity index is 526. The molecule has 6 heteroatoms. The first-order valence-electron chi connectivity index (χ1n) is 5.09. The van der Waals surface area contributed by atoms with Crippen molar-refractivity contribution in [2.75, 3.05) is 17.7 Å². The van der Waals surface area contributed by atoms with Gasteiger partial charge in [0, 0.05) is 12.4 Å². The number of thiazole rings is 1. The van der Waals surface area contributed by atoms with Gasteiger partial charge in [0.2, 0.25) is 0 Å². The van der Waals surface area contributed by atoms with Crippen LogP contribution in [0.5, 0.6) is 0 Å². The molecule has 0 radical (unpaired) electrons. The molecule has 0 amide bonds. The maximum Gasteiger partial charge on any atom is 0.143 e. The molecular weight excluding hydrogens is 300 g/mol. The number of rotatable bonds is 3. The van der Waals surface area contributed by atoms with Crippen LogP contribution in [0.2, 0.25) is 0 Å². The first-order valence-corrected chi connectivity index (χ1v) is 6.76. The third-order valence-electron chi connectivity index (χ3n) is 2.27. The molecule has 0 saturated carbocycles. The average Bonchev–Trinajstić information content (AvgIpc) is 2.63. The molecule has 90 valence electrons. The molecular formula is C11H13BrN4S. The Morgan fingerprint density at radius 3 is 2.88 bits per heavy atom. The summed E-state index contributed by atoms with van der Waals surface area (Å²) in [5.74, 6) is 0.866. The van der Waals surface area contributed by atoms with Gasteiger partial charge in [0.25, 0.3) is 0 Å². The second kappa shape index (κ2) is 5.01. The Balaban J connectivity index is 2.17. The molecule has 0 atom stereocenters. The van der Waals surface area contributed by atoms with Crippen molar-refractivity contribution < 1.29 is 0 Å². The number of nitrogens with two attached hydrogens (primary N) is 1. The maximum absolute atomic E-state index is 5.66. The van der Waals surface area contributed by atoms with Crippen molar-refractivity contribution in [2.24, 2.45) is 0 Å². The number of nitrogens with zero attached hydrogens (tertiary/aromatic N) is 3. The van der Waals surface area contributed by atoms with Crippen molar-refractivity contribution in [1.82, 2.24) is 9.97 Å². The molecule has 0 saturated heterocycles. The van der Waals surface area contributed by atoms with E-state index in [4.69, 9.17) is 5.73 Å². The van der Waals surface area contributed by atoms with Gasteiger partial charge in [-0.05, 0) is 28.9 Å². The fourth-order valence-corrected chi connectivity index (χ4v) is 2.80. The summed E-state index contributed by atoms with van der Waals surface area (Å²) in [5.41, 5.74) is 7.37. The van der Waals surface area contributed by atoms with Crippen molar-refractivity contribution in [2.45, 2.75) is 13.5 Å². The monoisotopic (exact) mass is 312 g/mol. The summed E-state index contributed by atoms with van der Waals surface area (Å²) < 4.78 is 0.895. The molecule has 0 unspecified atom stereocenters. The van der Waals surface area contributed by atoms with E-state index in [1.54, 1.807) is 17.5 Å². The first-order chi connectivity index (χ1) is 8.06. The summed E-state index contributed by atoms with van der Waals surface area (Å²) in [5, 5.41) is 3.15. The fourth-order valence-electron chi connectivity index (χ4n) is 1.53. The molecule has 0 spiro atoms. The molecule has 2 aromatic rings. The van der Waals surface area contributed by atoms with Crippen LogP contribution < -0.4 is 10.6 Å². The van der Waals surface area contributed by atoms with Crippen molar-refractivity contribution in [1.29, 1.82) is 0 Å². The molecule has 17 heavy (non-hydrogen) atoms. The Morgan fingerprint density at radius 1 is 1.53 bits per heavy atom. The maximum atomic E-state index is 5.66. The van der Waals surface area contributed by atoms with Crippen LogP contribution in [0.25, 0.3) is 0 Å². The second-order valence-electron chi connectivity index (χ2n) is 3.79. The Labute approximate surface area is 113 Å². The highest BCUT2D eigenvalue weighted by atomic mass is 79.9. The minimum absolute atomic E-state index is 0.651. The Kier molecular flexibility index (Phi) is 3.63. The van der Waals surface area contributed by atoms with Crippen LogP contribution in [0, 0.1) is 6.92 Å². The van der Waals surface area contributed by atoms with Gasteiger partial charge in [-0.3, -0.25) is 0 Å². The average molecular weight is 313 g/mol. The third kappa shape index (κ3) is 2.95. The number of hydrogen-bond donors (Lipinski definition) is 1. The van der Waals surface area contributed by atoms with E-state index in [2.05, 4.69) is 31.3 Å². The highest BCUT2D eigenvalue weighted by Gasteiger charge is 2.09.